The Hall–Kier alpha value is -0.890. The Balaban J connectivity index is 3.11. The summed E-state index contributed by atoms with van der Waals surface area (Å²) in [5.74, 6) is 0. The van der Waals surface area contributed by atoms with Gasteiger partial charge < -0.3 is 0 Å². The largest absolute Gasteiger partial charge is 0.241 e. The highest BCUT2D eigenvalue weighted by molar-refractivity contribution is 7.12. The minimum atomic E-state index is 0.960. The Morgan fingerprint density at radius 3 is 2.55 bits per heavy atom. The molecule has 2 heteroatoms. The van der Waals surface area contributed by atoms with Crippen LogP contribution in [0.5, 0.6) is 0 Å². The van der Waals surface area contributed by atoms with Gasteiger partial charge in [-0.05, 0) is 18.6 Å². The third-order valence-corrected chi connectivity index (χ3v) is 2.62. The van der Waals surface area contributed by atoms with Crippen LogP contribution in [-0.4, -0.2) is 4.98 Å². The van der Waals surface area contributed by atoms with Gasteiger partial charge in [-0.2, -0.15) is 0 Å². The molecule has 58 valence electrons. The number of aryl methyl sites for hydroxylation is 1. The number of hydrogen-bond acceptors (Lipinski definition) is 2. The highest BCUT2D eigenvalue weighted by Gasteiger charge is 2.02. The molecule has 0 radical (unpaired) electrons. The van der Waals surface area contributed by atoms with E-state index in [0.717, 1.165) is 22.0 Å². The number of hydrogen-bond donors (Lipinski definition) is 0. The molecule has 0 aliphatic heterocycles. The number of thiazole rings is 1. The first-order valence-electron chi connectivity index (χ1n) is 3.56. The lowest BCUT2D eigenvalue weighted by Gasteiger charge is -1.83. The van der Waals surface area contributed by atoms with Crippen molar-refractivity contribution in [1.82, 2.24) is 4.98 Å². The molecule has 0 aromatic carbocycles. The Morgan fingerprint density at radius 1 is 1.45 bits per heavy atom. The summed E-state index contributed by atoms with van der Waals surface area (Å²) in [7, 11) is 0. The van der Waals surface area contributed by atoms with Gasteiger partial charge >= 0.3 is 0 Å². The van der Waals surface area contributed by atoms with Crippen molar-refractivity contribution < 1.29 is 0 Å². The van der Waals surface area contributed by atoms with Gasteiger partial charge in [-0.1, -0.05) is 20.1 Å². The topological polar surface area (TPSA) is 12.9 Å². The third-order valence-electron chi connectivity index (χ3n) is 1.41. The molecule has 0 spiro atoms. The summed E-state index contributed by atoms with van der Waals surface area (Å²) in [5, 5.41) is 1.15. The van der Waals surface area contributed by atoms with E-state index in [4.69, 9.17) is 0 Å². The third kappa shape index (κ3) is 1.57. The van der Waals surface area contributed by atoms with Crippen LogP contribution in [0.3, 0.4) is 0 Å². The van der Waals surface area contributed by atoms with Crippen LogP contribution in [0.15, 0.2) is 13.2 Å². The normalized spacial score (nSPS) is 9.55. The molecule has 0 atom stereocenters. The SMILES string of the molecule is C=Cc1nc(CC)sc1C=C. The number of rotatable bonds is 3. The van der Waals surface area contributed by atoms with Crippen molar-refractivity contribution in [3.8, 4) is 0 Å². The van der Waals surface area contributed by atoms with E-state index in [9.17, 15) is 0 Å². The van der Waals surface area contributed by atoms with E-state index in [0.29, 0.717) is 0 Å². The molecule has 0 bridgehead atoms. The van der Waals surface area contributed by atoms with Crippen molar-refractivity contribution in [1.29, 1.82) is 0 Å². The molecule has 1 nitrogen and oxygen atoms in total. The summed E-state index contributed by atoms with van der Waals surface area (Å²) < 4.78 is 0. The molecule has 0 fully saturated rings. The molecule has 1 aromatic rings. The summed E-state index contributed by atoms with van der Waals surface area (Å²) in [6.45, 7) is 9.49. The fourth-order valence-corrected chi connectivity index (χ4v) is 1.69. The summed E-state index contributed by atoms with van der Waals surface area (Å²) in [4.78, 5) is 5.47. The van der Waals surface area contributed by atoms with E-state index in [1.165, 1.54) is 0 Å². The van der Waals surface area contributed by atoms with E-state index >= 15 is 0 Å². The fraction of sp³-hybridized carbons (Fsp3) is 0.222. The predicted octanol–water partition coefficient (Wildman–Crippen LogP) is 2.99. The summed E-state index contributed by atoms with van der Waals surface area (Å²) in [6.07, 6.45) is 4.58. The summed E-state index contributed by atoms with van der Waals surface area (Å²) in [5.41, 5.74) is 0.960. The lowest BCUT2D eigenvalue weighted by atomic mass is 10.3. The van der Waals surface area contributed by atoms with Gasteiger partial charge in [-0.25, -0.2) is 4.98 Å². The number of nitrogens with zero attached hydrogens (tertiary/aromatic N) is 1. The van der Waals surface area contributed by atoms with Crippen molar-refractivity contribution in [2.75, 3.05) is 0 Å². The van der Waals surface area contributed by atoms with Crippen LogP contribution < -0.4 is 0 Å². The Kier molecular flexibility index (Phi) is 2.60. The Bertz CT molecular complexity index is 248. The van der Waals surface area contributed by atoms with Gasteiger partial charge in [0.15, 0.2) is 0 Å². The summed E-state index contributed by atoms with van der Waals surface area (Å²) in [6, 6.07) is 0. The first-order chi connectivity index (χ1) is 5.31. The molecule has 11 heavy (non-hydrogen) atoms. The van der Waals surface area contributed by atoms with Gasteiger partial charge in [-0.3, -0.25) is 0 Å². The second kappa shape index (κ2) is 3.49. The quantitative estimate of drug-likeness (QED) is 0.671. The molecule has 0 unspecified atom stereocenters. The molecule has 0 amide bonds. The maximum Gasteiger partial charge on any atom is 0.0935 e. The van der Waals surface area contributed by atoms with Crippen molar-refractivity contribution in [3.63, 3.8) is 0 Å². The zero-order valence-electron chi connectivity index (χ0n) is 6.63. The van der Waals surface area contributed by atoms with Gasteiger partial charge in [0.25, 0.3) is 0 Å². The average molecular weight is 165 g/mol. The van der Waals surface area contributed by atoms with Gasteiger partial charge in [0.2, 0.25) is 0 Å². The van der Waals surface area contributed by atoms with Crippen LogP contribution in [0.1, 0.15) is 22.5 Å². The molecule has 0 aliphatic carbocycles. The van der Waals surface area contributed by atoms with E-state index in [1.807, 2.05) is 6.08 Å². The molecule has 0 saturated carbocycles. The molecular weight excluding hydrogens is 154 g/mol. The van der Waals surface area contributed by atoms with Crippen LogP contribution in [0, 0.1) is 0 Å². The highest BCUT2D eigenvalue weighted by Crippen LogP contribution is 2.20. The van der Waals surface area contributed by atoms with Crippen LogP contribution in [0.4, 0.5) is 0 Å². The second-order valence-corrected chi connectivity index (χ2v) is 3.23. The van der Waals surface area contributed by atoms with Crippen LogP contribution in [0.25, 0.3) is 12.2 Å². The van der Waals surface area contributed by atoms with Gasteiger partial charge in [-0.15, -0.1) is 11.3 Å². The zero-order chi connectivity index (χ0) is 8.27. The van der Waals surface area contributed by atoms with Crippen LogP contribution in [0.2, 0.25) is 0 Å². The fourth-order valence-electron chi connectivity index (χ4n) is 0.835. The second-order valence-electron chi connectivity index (χ2n) is 2.12. The van der Waals surface area contributed by atoms with Crippen LogP contribution >= 0.6 is 11.3 Å². The zero-order valence-corrected chi connectivity index (χ0v) is 7.45. The molecule has 1 heterocycles. The molecule has 0 saturated heterocycles. The number of aromatic nitrogens is 1. The monoisotopic (exact) mass is 165 g/mol. The van der Waals surface area contributed by atoms with E-state index in [2.05, 4.69) is 25.1 Å². The van der Waals surface area contributed by atoms with Gasteiger partial charge in [0, 0.05) is 0 Å². The predicted molar refractivity (Wildman–Crippen MR) is 51.7 cm³/mol. The van der Waals surface area contributed by atoms with Crippen LogP contribution in [-0.2, 0) is 6.42 Å². The first-order valence-corrected chi connectivity index (χ1v) is 4.38. The standard InChI is InChI=1S/C9H11NS/c1-4-7-8(5-2)11-9(6-3)10-7/h4-5H,1-2,6H2,3H3. The van der Waals surface area contributed by atoms with Crippen molar-refractivity contribution in [2.45, 2.75) is 13.3 Å². The molecule has 1 rings (SSSR count). The highest BCUT2D eigenvalue weighted by atomic mass is 32.1. The summed E-state index contributed by atoms with van der Waals surface area (Å²) >= 11 is 1.68. The van der Waals surface area contributed by atoms with E-state index < -0.39 is 0 Å². The van der Waals surface area contributed by atoms with Crippen molar-refractivity contribution in [3.05, 3.63) is 28.7 Å². The van der Waals surface area contributed by atoms with Gasteiger partial charge in [0.1, 0.15) is 0 Å². The first kappa shape index (κ1) is 8.21. The minimum Gasteiger partial charge on any atom is -0.241 e. The average Bonchev–Trinajstić information content (AvgIpc) is 2.46. The molecule has 0 N–H and O–H groups in total. The van der Waals surface area contributed by atoms with Crippen molar-refractivity contribution in [2.24, 2.45) is 0 Å². The molecule has 0 aliphatic rings. The minimum absolute atomic E-state index is 0.960. The Morgan fingerprint density at radius 2 is 2.18 bits per heavy atom. The smallest absolute Gasteiger partial charge is 0.0935 e. The lowest BCUT2D eigenvalue weighted by Crippen LogP contribution is -1.77. The van der Waals surface area contributed by atoms with E-state index in [1.54, 1.807) is 17.4 Å². The van der Waals surface area contributed by atoms with E-state index in [-0.39, 0.29) is 0 Å². The van der Waals surface area contributed by atoms with Crippen molar-refractivity contribution >= 4 is 23.5 Å². The Labute approximate surface area is 71.1 Å². The molecule has 1 aromatic heterocycles. The lowest BCUT2D eigenvalue weighted by molar-refractivity contribution is 1.09. The maximum absolute atomic E-state index is 4.35. The van der Waals surface area contributed by atoms with Gasteiger partial charge in [0.05, 0.1) is 15.6 Å². The molecular formula is C9H11NS. The maximum atomic E-state index is 4.35.